The molecular weight excluding hydrogens is 376 g/mol. The molecule has 0 fully saturated rings. The summed E-state index contributed by atoms with van der Waals surface area (Å²) in [5.74, 6) is -0.165. The Hall–Kier alpha value is -4.11. The number of nitriles is 1. The molecule has 0 bridgehead atoms. The van der Waals surface area contributed by atoms with Gasteiger partial charge in [-0.2, -0.15) is 5.26 Å². The predicted molar refractivity (Wildman–Crippen MR) is 115 cm³/mol. The second kappa shape index (κ2) is 6.46. The Kier molecular flexibility index (Phi) is 3.87. The van der Waals surface area contributed by atoms with Crippen molar-refractivity contribution in [3.63, 3.8) is 0 Å². The highest BCUT2D eigenvalue weighted by Crippen LogP contribution is 2.44. The van der Waals surface area contributed by atoms with E-state index in [1.54, 1.807) is 6.20 Å². The minimum absolute atomic E-state index is 0.00673. The largest absolute Gasteiger partial charge is 0.438 e. The lowest BCUT2D eigenvalue weighted by atomic mass is 9.83. The summed E-state index contributed by atoms with van der Waals surface area (Å²) in [5, 5.41) is 11.6. The van der Waals surface area contributed by atoms with Gasteiger partial charge in [-0.05, 0) is 54.6 Å². The van der Waals surface area contributed by atoms with Gasteiger partial charge >= 0.3 is 0 Å². The molecule has 1 aliphatic heterocycles. The highest BCUT2D eigenvalue weighted by Gasteiger charge is 2.33. The zero-order chi connectivity index (χ0) is 21.0. The molecule has 0 spiro atoms. The monoisotopic (exact) mass is 394 g/mol. The smallest absolute Gasteiger partial charge is 0.252 e. The fraction of sp³-hybridized carbons (Fsp3) is 0.125. The van der Waals surface area contributed by atoms with Crippen LogP contribution in [0.25, 0.3) is 21.8 Å². The summed E-state index contributed by atoms with van der Waals surface area (Å²) in [4.78, 5) is 20.5. The van der Waals surface area contributed by atoms with Gasteiger partial charge < -0.3 is 15.5 Å². The molecule has 2 aromatic carbocycles. The van der Waals surface area contributed by atoms with Crippen LogP contribution < -0.4 is 16.0 Å². The van der Waals surface area contributed by atoms with Gasteiger partial charge in [-0.15, -0.1) is 0 Å². The quantitative estimate of drug-likeness (QED) is 0.509. The molecule has 0 saturated carbocycles. The topological polar surface area (TPSA) is 105 Å². The maximum atomic E-state index is 13.1. The number of hydrogen-bond acceptors (Lipinski definition) is 5. The van der Waals surface area contributed by atoms with Crippen molar-refractivity contribution < 1.29 is 4.74 Å². The van der Waals surface area contributed by atoms with Crippen LogP contribution in [0.15, 0.2) is 64.9 Å². The van der Waals surface area contributed by atoms with E-state index in [4.69, 9.17) is 10.5 Å². The van der Waals surface area contributed by atoms with Gasteiger partial charge in [-0.3, -0.25) is 9.78 Å². The van der Waals surface area contributed by atoms with Crippen LogP contribution in [-0.4, -0.2) is 9.97 Å². The number of nitrogens with zero attached hydrogens (tertiary/aromatic N) is 2. The lowest BCUT2D eigenvalue weighted by molar-refractivity contribution is 0.397. The number of rotatable bonds is 1. The average Bonchev–Trinajstić information content (AvgIpc) is 2.74. The Labute approximate surface area is 172 Å². The number of aromatic amines is 1. The Morgan fingerprint density at radius 2 is 1.90 bits per heavy atom. The standard InChI is InChI=1S/C24H18N4O2/c1-12-8-15-10-17(24(29)28-19(15)9-13(12)2)20-16-6-5-14-4-3-7-27-21(14)22(16)30-23(26)18(20)11-25/h3-10,20H,26H2,1-2H3,(H,28,29). The van der Waals surface area contributed by atoms with Gasteiger partial charge in [-0.1, -0.05) is 18.2 Å². The van der Waals surface area contributed by atoms with Crippen LogP contribution >= 0.6 is 0 Å². The van der Waals surface area contributed by atoms with Crippen molar-refractivity contribution in [3.8, 4) is 11.8 Å². The summed E-state index contributed by atoms with van der Waals surface area (Å²) in [5.41, 5.74) is 10.8. The fourth-order valence-corrected chi connectivity index (χ4v) is 4.08. The van der Waals surface area contributed by atoms with Crippen LogP contribution in [0.1, 0.15) is 28.2 Å². The summed E-state index contributed by atoms with van der Waals surface area (Å²) < 4.78 is 5.82. The third kappa shape index (κ3) is 2.56. The Bertz CT molecular complexity index is 1490. The molecule has 3 N–H and O–H groups in total. The maximum Gasteiger partial charge on any atom is 0.252 e. The van der Waals surface area contributed by atoms with Crippen molar-refractivity contribution >= 4 is 21.8 Å². The number of hydrogen-bond donors (Lipinski definition) is 2. The zero-order valence-electron chi connectivity index (χ0n) is 16.5. The Morgan fingerprint density at radius 1 is 1.10 bits per heavy atom. The van der Waals surface area contributed by atoms with Crippen LogP contribution in [0, 0.1) is 25.2 Å². The first kappa shape index (κ1) is 18.0. The van der Waals surface area contributed by atoms with Gasteiger partial charge in [0.1, 0.15) is 17.2 Å². The molecule has 0 saturated heterocycles. The minimum atomic E-state index is -0.639. The SMILES string of the molecule is Cc1cc2cc(C3C(C#N)=C(N)Oc4c3ccc3cccnc43)c(=O)[nH]c2cc1C. The van der Waals surface area contributed by atoms with E-state index >= 15 is 0 Å². The van der Waals surface area contributed by atoms with Gasteiger partial charge in [0.05, 0.1) is 5.92 Å². The number of H-pyrrole nitrogens is 1. The molecule has 0 aliphatic carbocycles. The Morgan fingerprint density at radius 3 is 2.70 bits per heavy atom. The molecule has 6 heteroatoms. The molecule has 3 heterocycles. The molecule has 5 rings (SSSR count). The lowest BCUT2D eigenvalue weighted by Crippen LogP contribution is -2.25. The molecule has 4 aromatic rings. The summed E-state index contributed by atoms with van der Waals surface area (Å²) in [6, 6.07) is 15.5. The average molecular weight is 394 g/mol. The zero-order valence-corrected chi connectivity index (χ0v) is 16.5. The van der Waals surface area contributed by atoms with Gasteiger partial charge in [0.2, 0.25) is 5.88 Å². The van der Waals surface area contributed by atoms with Crippen molar-refractivity contribution in [1.29, 1.82) is 5.26 Å². The molecule has 30 heavy (non-hydrogen) atoms. The van der Waals surface area contributed by atoms with Gasteiger partial charge in [0, 0.05) is 28.2 Å². The first-order valence-electron chi connectivity index (χ1n) is 9.57. The maximum absolute atomic E-state index is 13.1. The van der Waals surface area contributed by atoms with E-state index in [9.17, 15) is 10.1 Å². The van der Waals surface area contributed by atoms with Crippen molar-refractivity contribution in [2.24, 2.45) is 5.73 Å². The number of nitrogens with two attached hydrogens (primary N) is 1. The number of nitrogens with one attached hydrogen (secondary N) is 1. The molecule has 146 valence electrons. The number of benzene rings is 2. The van der Waals surface area contributed by atoms with Crippen LogP contribution in [0.3, 0.4) is 0 Å². The molecule has 1 unspecified atom stereocenters. The van der Waals surface area contributed by atoms with Gasteiger partial charge in [0.25, 0.3) is 5.56 Å². The molecule has 6 nitrogen and oxygen atoms in total. The number of pyridine rings is 2. The summed E-state index contributed by atoms with van der Waals surface area (Å²) >= 11 is 0. The Balaban J connectivity index is 1.83. The minimum Gasteiger partial charge on any atom is -0.438 e. The van der Waals surface area contributed by atoms with Gasteiger partial charge in [0.15, 0.2) is 5.75 Å². The first-order chi connectivity index (χ1) is 14.5. The summed E-state index contributed by atoms with van der Waals surface area (Å²) in [7, 11) is 0. The van der Waals surface area contributed by atoms with E-state index in [1.807, 2.05) is 56.3 Å². The van der Waals surface area contributed by atoms with Crippen molar-refractivity contribution in [2.45, 2.75) is 19.8 Å². The number of fused-ring (bicyclic) bond motifs is 4. The first-order valence-corrected chi connectivity index (χ1v) is 9.57. The second-order valence-corrected chi connectivity index (χ2v) is 7.56. The van der Waals surface area contributed by atoms with E-state index in [0.717, 1.165) is 27.4 Å². The lowest BCUT2D eigenvalue weighted by Gasteiger charge is -2.26. The summed E-state index contributed by atoms with van der Waals surface area (Å²) in [6.45, 7) is 4.03. The van der Waals surface area contributed by atoms with E-state index < -0.39 is 5.92 Å². The molecule has 1 atom stereocenters. The molecular formula is C24H18N4O2. The third-order valence-corrected chi connectivity index (χ3v) is 5.75. The number of ether oxygens (including phenoxy) is 1. The van der Waals surface area contributed by atoms with Gasteiger partial charge in [-0.25, -0.2) is 0 Å². The van der Waals surface area contributed by atoms with Crippen LogP contribution in [0.5, 0.6) is 5.75 Å². The normalized spacial score (nSPS) is 15.7. The van der Waals surface area contributed by atoms with Crippen molar-refractivity contribution in [2.75, 3.05) is 0 Å². The second-order valence-electron chi connectivity index (χ2n) is 7.56. The van der Waals surface area contributed by atoms with Crippen LogP contribution in [0.2, 0.25) is 0 Å². The van der Waals surface area contributed by atoms with E-state index in [0.29, 0.717) is 22.4 Å². The number of aromatic nitrogens is 2. The van der Waals surface area contributed by atoms with E-state index in [1.165, 1.54) is 0 Å². The molecule has 0 amide bonds. The third-order valence-electron chi connectivity index (χ3n) is 5.75. The molecule has 1 aliphatic rings. The number of allylic oxidation sites excluding steroid dienone is 1. The predicted octanol–water partition coefficient (Wildman–Crippen LogP) is 3.91. The summed E-state index contributed by atoms with van der Waals surface area (Å²) in [6.07, 6.45) is 1.68. The highest BCUT2D eigenvalue weighted by atomic mass is 16.5. The molecule has 2 aromatic heterocycles. The molecule has 0 radical (unpaired) electrons. The van der Waals surface area contributed by atoms with Crippen molar-refractivity contribution in [3.05, 3.63) is 92.7 Å². The highest BCUT2D eigenvalue weighted by molar-refractivity contribution is 5.88. The van der Waals surface area contributed by atoms with Crippen LogP contribution in [-0.2, 0) is 0 Å². The van der Waals surface area contributed by atoms with E-state index in [2.05, 4.69) is 16.0 Å². The van der Waals surface area contributed by atoms with Crippen molar-refractivity contribution in [1.82, 2.24) is 9.97 Å². The number of aryl methyl sites for hydroxylation is 2. The van der Waals surface area contributed by atoms with Crippen LogP contribution in [0.4, 0.5) is 0 Å². The van der Waals surface area contributed by atoms with E-state index in [-0.39, 0.29) is 17.0 Å². The fourth-order valence-electron chi connectivity index (χ4n) is 4.08.